The van der Waals surface area contributed by atoms with Gasteiger partial charge in [-0.3, -0.25) is 4.79 Å². The maximum absolute atomic E-state index is 12.3. The van der Waals surface area contributed by atoms with E-state index in [1.165, 1.54) is 0 Å². The van der Waals surface area contributed by atoms with Crippen LogP contribution >= 0.6 is 12.4 Å². The molecule has 0 bridgehead atoms. The molecule has 112 valence electrons. The third-order valence-corrected chi connectivity index (χ3v) is 3.33. The molecule has 0 aliphatic carbocycles. The Morgan fingerprint density at radius 1 is 1.47 bits per heavy atom. The van der Waals surface area contributed by atoms with Gasteiger partial charge < -0.3 is 19.7 Å². The van der Waals surface area contributed by atoms with Crippen molar-refractivity contribution in [2.24, 2.45) is 0 Å². The summed E-state index contributed by atoms with van der Waals surface area (Å²) in [6.07, 6.45) is 0.589. The van der Waals surface area contributed by atoms with Crippen LogP contribution in [0.15, 0.2) is 0 Å². The van der Waals surface area contributed by atoms with Crippen molar-refractivity contribution in [3.05, 3.63) is 0 Å². The monoisotopic (exact) mass is 292 g/mol. The lowest BCUT2D eigenvalue weighted by molar-refractivity contribution is -0.160. The first kappa shape index (κ1) is 16.7. The van der Waals surface area contributed by atoms with E-state index >= 15 is 0 Å². The molecule has 2 atom stereocenters. The van der Waals surface area contributed by atoms with Crippen molar-refractivity contribution in [3.8, 4) is 0 Å². The number of hydrogen-bond donors (Lipinski definition) is 1. The highest BCUT2D eigenvalue weighted by Gasteiger charge is 2.34. The van der Waals surface area contributed by atoms with Crippen LogP contribution in [0.5, 0.6) is 0 Å². The molecule has 1 amide bonds. The van der Waals surface area contributed by atoms with Crippen molar-refractivity contribution in [1.82, 2.24) is 10.2 Å². The summed E-state index contributed by atoms with van der Waals surface area (Å²) in [5, 5.41) is 3.25. The number of hydrogen-bond acceptors (Lipinski definition) is 4. The van der Waals surface area contributed by atoms with E-state index in [4.69, 9.17) is 9.47 Å². The zero-order valence-corrected chi connectivity index (χ0v) is 12.8. The Labute approximate surface area is 121 Å². The van der Waals surface area contributed by atoms with Crippen molar-refractivity contribution in [1.29, 1.82) is 0 Å². The van der Waals surface area contributed by atoms with Gasteiger partial charge in [-0.1, -0.05) is 0 Å². The molecule has 2 saturated heterocycles. The highest BCUT2D eigenvalue weighted by Crippen LogP contribution is 2.21. The summed E-state index contributed by atoms with van der Waals surface area (Å²) in [6.45, 7) is 9.77. The van der Waals surface area contributed by atoms with Gasteiger partial charge in [-0.25, -0.2) is 0 Å². The van der Waals surface area contributed by atoms with Gasteiger partial charge in [-0.2, -0.15) is 0 Å². The van der Waals surface area contributed by atoms with Crippen LogP contribution in [0.4, 0.5) is 0 Å². The minimum Gasteiger partial charge on any atom is -0.375 e. The second kappa shape index (κ2) is 6.88. The van der Waals surface area contributed by atoms with Crippen molar-refractivity contribution in [2.75, 3.05) is 32.8 Å². The first-order chi connectivity index (χ1) is 8.46. The van der Waals surface area contributed by atoms with Crippen LogP contribution in [0.1, 0.15) is 27.2 Å². The fourth-order valence-corrected chi connectivity index (χ4v) is 2.72. The summed E-state index contributed by atoms with van der Waals surface area (Å²) >= 11 is 0. The van der Waals surface area contributed by atoms with Gasteiger partial charge in [0.15, 0.2) is 0 Å². The molecule has 2 unspecified atom stereocenters. The standard InChI is InChI=1S/C13H24N2O3.ClH/c1-10-8-15(9-13(2,3)18-10)12(16)6-11-7-14-4-5-17-11;/h10-11,14H,4-9H2,1-3H3;1H. The summed E-state index contributed by atoms with van der Waals surface area (Å²) in [5.41, 5.74) is -0.251. The van der Waals surface area contributed by atoms with E-state index < -0.39 is 0 Å². The predicted octanol–water partition coefficient (Wildman–Crippen LogP) is 0.813. The topological polar surface area (TPSA) is 50.8 Å². The molecule has 0 spiro atoms. The van der Waals surface area contributed by atoms with Crippen molar-refractivity contribution < 1.29 is 14.3 Å². The van der Waals surface area contributed by atoms with Crippen LogP contribution in [0.2, 0.25) is 0 Å². The minimum absolute atomic E-state index is 0. The number of amides is 1. The minimum atomic E-state index is -0.251. The van der Waals surface area contributed by atoms with Gasteiger partial charge in [0, 0.05) is 26.2 Å². The zero-order valence-electron chi connectivity index (χ0n) is 12.0. The summed E-state index contributed by atoms with van der Waals surface area (Å²) in [7, 11) is 0. The summed E-state index contributed by atoms with van der Waals surface area (Å²) in [4.78, 5) is 14.2. The van der Waals surface area contributed by atoms with E-state index in [0.717, 1.165) is 13.1 Å². The quantitative estimate of drug-likeness (QED) is 0.818. The predicted molar refractivity (Wildman–Crippen MR) is 75.7 cm³/mol. The molecule has 2 rings (SSSR count). The van der Waals surface area contributed by atoms with Crippen LogP contribution in [0.3, 0.4) is 0 Å². The molecule has 5 nitrogen and oxygen atoms in total. The zero-order chi connectivity index (χ0) is 13.2. The van der Waals surface area contributed by atoms with Gasteiger partial charge in [0.2, 0.25) is 5.91 Å². The highest BCUT2D eigenvalue weighted by molar-refractivity contribution is 5.85. The molecule has 0 saturated carbocycles. The fraction of sp³-hybridized carbons (Fsp3) is 0.923. The number of ether oxygens (including phenoxy) is 2. The van der Waals surface area contributed by atoms with Crippen LogP contribution < -0.4 is 5.32 Å². The van der Waals surface area contributed by atoms with Gasteiger partial charge in [-0.15, -0.1) is 12.4 Å². The van der Waals surface area contributed by atoms with E-state index in [0.29, 0.717) is 26.1 Å². The molecule has 0 aromatic rings. The second-order valence-electron chi connectivity index (χ2n) is 5.86. The van der Waals surface area contributed by atoms with Gasteiger partial charge >= 0.3 is 0 Å². The van der Waals surface area contributed by atoms with Crippen molar-refractivity contribution >= 4 is 18.3 Å². The molecular weight excluding hydrogens is 268 g/mol. The summed E-state index contributed by atoms with van der Waals surface area (Å²) < 4.78 is 11.4. The number of halogens is 1. The third kappa shape index (κ3) is 4.91. The lowest BCUT2D eigenvalue weighted by Crippen LogP contribution is -2.54. The largest absolute Gasteiger partial charge is 0.375 e. The van der Waals surface area contributed by atoms with E-state index in [2.05, 4.69) is 5.32 Å². The average Bonchev–Trinajstić information content (AvgIpc) is 2.27. The van der Waals surface area contributed by atoms with Crippen LogP contribution in [-0.2, 0) is 14.3 Å². The maximum Gasteiger partial charge on any atom is 0.225 e. The van der Waals surface area contributed by atoms with Crippen LogP contribution in [-0.4, -0.2) is 61.4 Å². The number of morpholine rings is 2. The Morgan fingerprint density at radius 3 is 2.79 bits per heavy atom. The normalized spacial score (nSPS) is 30.6. The lowest BCUT2D eigenvalue weighted by atomic mass is 10.0. The Bertz CT molecular complexity index is 306. The van der Waals surface area contributed by atoms with E-state index in [1.54, 1.807) is 0 Å². The first-order valence-electron chi connectivity index (χ1n) is 6.74. The third-order valence-electron chi connectivity index (χ3n) is 3.33. The Hall–Kier alpha value is -0.360. The van der Waals surface area contributed by atoms with Gasteiger partial charge in [0.05, 0.1) is 30.8 Å². The molecule has 0 radical (unpaired) electrons. The molecule has 1 N–H and O–H groups in total. The number of rotatable bonds is 2. The van der Waals surface area contributed by atoms with E-state index in [-0.39, 0.29) is 36.1 Å². The average molecular weight is 293 g/mol. The first-order valence-corrected chi connectivity index (χ1v) is 6.74. The molecule has 2 heterocycles. The molecular formula is C13H25ClN2O3. The molecule has 19 heavy (non-hydrogen) atoms. The summed E-state index contributed by atoms with van der Waals surface area (Å²) in [6, 6.07) is 0. The smallest absolute Gasteiger partial charge is 0.225 e. The molecule has 2 aliphatic heterocycles. The van der Waals surface area contributed by atoms with Gasteiger partial charge in [0.1, 0.15) is 0 Å². The molecule has 2 aliphatic rings. The fourth-order valence-electron chi connectivity index (χ4n) is 2.72. The van der Waals surface area contributed by atoms with E-state index in [9.17, 15) is 4.79 Å². The Balaban J connectivity index is 0.00000180. The number of carbonyl (C=O) groups excluding carboxylic acids is 1. The van der Waals surface area contributed by atoms with Crippen LogP contribution in [0.25, 0.3) is 0 Å². The molecule has 2 fully saturated rings. The SMILES string of the molecule is CC1CN(C(=O)CC2CNCCO2)CC(C)(C)O1.Cl. The van der Waals surface area contributed by atoms with E-state index in [1.807, 2.05) is 25.7 Å². The number of carbonyl (C=O) groups is 1. The molecule has 6 heteroatoms. The van der Waals surface area contributed by atoms with Gasteiger partial charge in [-0.05, 0) is 20.8 Å². The number of nitrogens with one attached hydrogen (secondary N) is 1. The molecule has 0 aromatic heterocycles. The van der Waals surface area contributed by atoms with Crippen molar-refractivity contribution in [2.45, 2.75) is 45.0 Å². The Kier molecular flexibility index (Phi) is 6.05. The van der Waals surface area contributed by atoms with Crippen LogP contribution in [0, 0.1) is 0 Å². The molecule has 0 aromatic carbocycles. The summed E-state index contributed by atoms with van der Waals surface area (Å²) in [5.74, 6) is 0.173. The van der Waals surface area contributed by atoms with Gasteiger partial charge in [0.25, 0.3) is 0 Å². The second-order valence-corrected chi connectivity index (χ2v) is 5.86. The maximum atomic E-state index is 12.3. The Morgan fingerprint density at radius 2 is 2.21 bits per heavy atom. The van der Waals surface area contributed by atoms with Crippen molar-refractivity contribution in [3.63, 3.8) is 0 Å². The number of nitrogens with zero attached hydrogens (tertiary/aromatic N) is 1. The highest BCUT2D eigenvalue weighted by atomic mass is 35.5. The lowest BCUT2D eigenvalue weighted by Gasteiger charge is -2.42.